The molecule has 0 saturated heterocycles. The molecule has 87 valence electrons. The SMILES string of the molecule is CCCCCCCCOC(=O)C[CH2][Sn]=[S]. The first-order valence-corrected chi connectivity index (χ1v) is 11.7. The van der Waals surface area contributed by atoms with Crippen LogP contribution in [0.15, 0.2) is 0 Å². The molecule has 0 aromatic rings. The summed E-state index contributed by atoms with van der Waals surface area (Å²) in [5.74, 6) is -0.0469. The van der Waals surface area contributed by atoms with Gasteiger partial charge in [0.05, 0.1) is 0 Å². The monoisotopic (exact) mass is 337 g/mol. The van der Waals surface area contributed by atoms with Gasteiger partial charge in [-0.05, 0) is 0 Å². The summed E-state index contributed by atoms with van der Waals surface area (Å²) in [4.78, 5) is 11.1. The molecule has 0 aliphatic rings. The Bertz CT molecular complexity index is 174. The predicted octanol–water partition coefficient (Wildman–Crippen LogP) is 3.52. The molecular formula is C11H21O2SSn. The number of rotatable bonds is 10. The van der Waals surface area contributed by atoms with E-state index in [1.165, 1.54) is 32.1 Å². The summed E-state index contributed by atoms with van der Waals surface area (Å²) < 4.78 is 6.03. The summed E-state index contributed by atoms with van der Waals surface area (Å²) in [6, 6.07) is 0. The first kappa shape index (κ1) is 15.5. The number of hydrogen-bond donors (Lipinski definition) is 0. The first-order chi connectivity index (χ1) is 7.31. The molecule has 0 spiro atoms. The van der Waals surface area contributed by atoms with Crippen molar-refractivity contribution in [2.45, 2.75) is 56.3 Å². The van der Waals surface area contributed by atoms with Gasteiger partial charge in [-0.2, -0.15) is 0 Å². The molecule has 0 rings (SSSR count). The average molecular weight is 336 g/mol. The quantitative estimate of drug-likeness (QED) is 0.347. The molecule has 0 atom stereocenters. The molecule has 2 nitrogen and oxygen atoms in total. The summed E-state index contributed by atoms with van der Waals surface area (Å²) in [7, 11) is 4.93. The fraction of sp³-hybridized carbons (Fsp3) is 0.909. The van der Waals surface area contributed by atoms with Gasteiger partial charge >= 0.3 is 107 Å². The number of ether oxygens (including phenoxy) is 1. The second kappa shape index (κ2) is 12.6. The second-order valence-corrected chi connectivity index (χ2v) is 7.82. The minimum absolute atomic E-state index is 0.0469. The third-order valence-electron chi connectivity index (χ3n) is 2.19. The molecule has 0 unspecified atom stereocenters. The molecule has 4 heteroatoms. The van der Waals surface area contributed by atoms with Crippen LogP contribution < -0.4 is 0 Å². The third kappa shape index (κ3) is 12.4. The molecule has 0 saturated carbocycles. The van der Waals surface area contributed by atoms with E-state index in [1.807, 2.05) is 0 Å². The summed E-state index contributed by atoms with van der Waals surface area (Å²) in [6.07, 6.45) is 7.95. The molecule has 0 aliphatic carbocycles. The Morgan fingerprint density at radius 2 is 1.87 bits per heavy atom. The van der Waals surface area contributed by atoms with Crippen LogP contribution in [0.3, 0.4) is 0 Å². The summed E-state index contributed by atoms with van der Waals surface area (Å²) in [6.45, 7) is 2.82. The maximum atomic E-state index is 11.1. The van der Waals surface area contributed by atoms with E-state index in [-0.39, 0.29) is 5.97 Å². The second-order valence-electron chi connectivity index (χ2n) is 3.63. The van der Waals surface area contributed by atoms with E-state index >= 15 is 0 Å². The topological polar surface area (TPSA) is 26.3 Å². The van der Waals surface area contributed by atoms with Gasteiger partial charge in [0, 0.05) is 0 Å². The van der Waals surface area contributed by atoms with Gasteiger partial charge in [-0.1, -0.05) is 0 Å². The van der Waals surface area contributed by atoms with Gasteiger partial charge in [0.1, 0.15) is 0 Å². The van der Waals surface area contributed by atoms with Gasteiger partial charge < -0.3 is 0 Å². The Kier molecular flexibility index (Phi) is 13.0. The van der Waals surface area contributed by atoms with Gasteiger partial charge in [0.15, 0.2) is 0 Å². The Labute approximate surface area is 107 Å². The van der Waals surface area contributed by atoms with Crippen LogP contribution in [0.1, 0.15) is 51.9 Å². The zero-order chi connectivity index (χ0) is 11.4. The van der Waals surface area contributed by atoms with Crippen LogP contribution >= 0.6 is 9.29 Å². The molecule has 0 heterocycles. The Morgan fingerprint density at radius 3 is 2.53 bits per heavy atom. The maximum absolute atomic E-state index is 11.1. The van der Waals surface area contributed by atoms with Crippen LogP contribution in [0.4, 0.5) is 0 Å². The van der Waals surface area contributed by atoms with Crippen LogP contribution in [-0.2, 0) is 9.53 Å². The van der Waals surface area contributed by atoms with Crippen molar-refractivity contribution in [2.24, 2.45) is 0 Å². The average Bonchev–Trinajstić information content (AvgIpc) is 2.25. The fourth-order valence-electron chi connectivity index (χ4n) is 1.29. The van der Waals surface area contributed by atoms with Crippen molar-refractivity contribution in [1.82, 2.24) is 0 Å². The van der Waals surface area contributed by atoms with E-state index in [0.717, 1.165) is 10.9 Å². The zero-order valence-corrected chi connectivity index (χ0v) is 13.3. The van der Waals surface area contributed by atoms with Crippen LogP contribution in [0.2, 0.25) is 4.44 Å². The van der Waals surface area contributed by atoms with Crippen LogP contribution in [0, 0.1) is 0 Å². The predicted molar refractivity (Wildman–Crippen MR) is 67.1 cm³/mol. The molecule has 0 bridgehead atoms. The van der Waals surface area contributed by atoms with Crippen molar-refractivity contribution in [1.29, 1.82) is 0 Å². The van der Waals surface area contributed by atoms with E-state index in [0.29, 0.717) is 13.0 Å². The Balaban J connectivity index is 3.09. The van der Waals surface area contributed by atoms with Gasteiger partial charge in [-0.3, -0.25) is 0 Å². The summed E-state index contributed by atoms with van der Waals surface area (Å²) in [5, 5.41) is 0. The normalized spacial score (nSPS) is 9.93. The van der Waals surface area contributed by atoms with Crippen molar-refractivity contribution in [2.75, 3.05) is 6.61 Å². The molecule has 0 amide bonds. The van der Waals surface area contributed by atoms with E-state index in [1.54, 1.807) is 0 Å². The van der Waals surface area contributed by atoms with Gasteiger partial charge in [0.25, 0.3) is 0 Å². The van der Waals surface area contributed by atoms with E-state index in [9.17, 15) is 4.79 Å². The van der Waals surface area contributed by atoms with Crippen molar-refractivity contribution >= 4 is 34.5 Å². The number of hydrogen-bond acceptors (Lipinski definition) is 3. The van der Waals surface area contributed by atoms with E-state index in [4.69, 9.17) is 14.0 Å². The number of esters is 1. The standard InChI is InChI=1S/C11H21O2.S.Sn/c1-3-5-6-7-8-9-10-13-11(12)4-2;;/h2-10H2,1H3;;. The zero-order valence-electron chi connectivity index (χ0n) is 9.59. The molecule has 0 aromatic heterocycles. The van der Waals surface area contributed by atoms with Crippen molar-refractivity contribution in [3.63, 3.8) is 0 Å². The van der Waals surface area contributed by atoms with E-state index in [2.05, 4.69) is 6.92 Å². The molecule has 0 aliphatic heterocycles. The number of unbranched alkanes of at least 4 members (excludes halogenated alkanes) is 5. The van der Waals surface area contributed by atoms with Gasteiger partial charge in [0.2, 0.25) is 0 Å². The molecule has 0 fully saturated rings. The minimum atomic E-state index is -0.620. The van der Waals surface area contributed by atoms with E-state index < -0.39 is 19.2 Å². The molecule has 0 N–H and O–H groups in total. The van der Waals surface area contributed by atoms with Crippen molar-refractivity contribution in [3.8, 4) is 0 Å². The van der Waals surface area contributed by atoms with Gasteiger partial charge in [-0.15, -0.1) is 0 Å². The molecule has 15 heavy (non-hydrogen) atoms. The summed E-state index contributed by atoms with van der Waals surface area (Å²) >= 11 is -0.620. The summed E-state index contributed by atoms with van der Waals surface area (Å²) in [5.41, 5.74) is 0. The first-order valence-electron chi connectivity index (χ1n) is 5.82. The fourth-order valence-corrected chi connectivity index (χ4v) is 2.85. The molecule has 0 aromatic carbocycles. The Hall–Kier alpha value is 0.489. The number of carbonyl (C=O) groups excluding carboxylic acids is 1. The number of carbonyl (C=O) groups is 1. The van der Waals surface area contributed by atoms with Crippen molar-refractivity contribution in [3.05, 3.63) is 0 Å². The van der Waals surface area contributed by atoms with Crippen LogP contribution in [0.25, 0.3) is 0 Å². The van der Waals surface area contributed by atoms with Gasteiger partial charge in [-0.25, -0.2) is 0 Å². The third-order valence-corrected chi connectivity index (χ3v) is 4.86. The molecule has 1 radical (unpaired) electrons. The Morgan fingerprint density at radius 1 is 1.20 bits per heavy atom. The molecular weight excluding hydrogens is 315 g/mol. The van der Waals surface area contributed by atoms with Crippen LogP contribution in [-0.4, -0.2) is 31.8 Å². The van der Waals surface area contributed by atoms with Crippen LogP contribution in [0.5, 0.6) is 0 Å². The van der Waals surface area contributed by atoms with Crippen molar-refractivity contribution < 1.29 is 9.53 Å².